The lowest BCUT2D eigenvalue weighted by molar-refractivity contribution is -0.150. The first-order valence-electron chi connectivity index (χ1n) is 11.1. The first kappa shape index (κ1) is 26.4. The van der Waals surface area contributed by atoms with Gasteiger partial charge in [-0.15, -0.1) is 0 Å². The topological polar surface area (TPSA) is 94.9 Å². The molecule has 6 heteroatoms. The van der Waals surface area contributed by atoms with Crippen molar-refractivity contribution in [3.8, 4) is 0 Å². The Morgan fingerprint density at radius 2 is 1.14 bits per heavy atom. The second-order valence-corrected chi connectivity index (χ2v) is 7.74. The van der Waals surface area contributed by atoms with E-state index in [-0.39, 0.29) is 25.3 Å². The molecule has 0 aliphatic carbocycles. The van der Waals surface area contributed by atoms with Crippen molar-refractivity contribution >= 4 is 17.8 Å². The van der Waals surface area contributed by atoms with E-state index >= 15 is 0 Å². The molecular formula is C22H41NO5. The van der Waals surface area contributed by atoms with Gasteiger partial charge in [-0.05, 0) is 13.3 Å². The van der Waals surface area contributed by atoms with Crippen LogP contribution in [0.1, 0.15) is 110 Å². The molecule has 28 heavy (non-hydrogen) atoms. The van der Waals surface area contributed by atoms with Crippen LogP contribution in [0.3, 0.4) is 0 Å². The zero-order valence-corrected chi connectivity index (χ0v) is 18.0. The summed E-state index contributed by atoms with van der Waals surface area (Å²) in [4.78, 5) is 35.3. The molecule has 0 fully saturated rings. The Labute approximate surface area is 170 Å². The fourth-order valence-electron chi connectivity index (χ4n) is 3.32. The minimum Gasteiger partial charge on any atom is -0.481 e. The van der Waals surface area contributed by atoms with Crippen molar-refractivity contribution in [3.05, 3.63) is 0 Å². The quantitative estimate of drug-likeness (QED) is 0.289. The monoisotopic (exact) mass is 399 g/mol. The number of amides is 1. The fourth-order valence-corrected chi connectivity index (χ4v) is 3.32. The van der Waals surface area contributed by atoms with Gasteiger partial charge in [-0.3, -0.25) is 9.59 Å². The summed E-state index contributed by atoms with van der Waals surface area (Å²) in [5.74, 6) is -2.40. The summed E-state index contributed by atoms with van der Waals surface area (Å²) in [6.45, 7) is 3.61. The van der Waals surface area contributed by atoms with Crippen molar-refractivity contribution in [1.29, 1.82) is 0 Å². The highest BCUT2D eigenvalue weighted by atomic mass is 16.4. The van der Waals surface area contributed by atoms with Crippen LogP contribution >= 0.6 is 0 Å². The summed E-state index contributed by atoms with van der Waals surface area (Å²) in [5, 5.41) is 17.9. The van der Waals surface area contributed by atoms with Crippen LogP contribution in [0.5, 0.6) is 0 Å². The molecule has 0 saturated heterocycles. The molecule has 0 heterocycles. The first-order chi connectivity index (χ1) is 13.4. The molecule has 0 rings (SSSR count). The Morgan fingerprint density at radius 1 is 0.714 bits per heavy atom. The van der Waals surface area contributed by atoms with Gasteiger partial charge in [0, 0.05) is 13.0 Å². The van der Waals surface area contributed by atoms with Gasteiger partial charge in [0.05, 0.1) is 6.42 Å². The van der Waals surface area contributed by atoms with E-state index in [9.17, 15) is 14.4 Å². The summed E-state index contributed by atoms with van der Waals surface area (Å²) in [5.41, 5.74) is 0. The summed E-state index contributed by atoms with van der Waals surface area (Å²) in [6, 6.07) is -0.992. The van der Waals surface area contributed by atoms with Crippen LogP contribution in [0.25, 0.3) is 0 Å². The molecular weight excluding hydrogens is 358 g/mol. The van der Waals surface area contributed by atoms with Crippen LogP contribution in [-0.4, -0.2) is 45.5 Å². The Bertz CT molecular complexity index is 439. The first-order valence-corrected chi connectivity index (χ1v) is 11.1. The SMILES string of the molecule is CCCCCCCCCCCCCCCC(=O)N(CCC(=O)O)[C@@H](C)C(=O)O. The minimum atomic E-state index is -1.11. The zero-order chi connectivity index (χ0) is 21.2. The molecule has 0 bridgehead atoms. The fraction of sp³-hybridized carbons (Fsp3) is 0.864. The molecule has 0 aromatic carbocycles. The van der Waals surface area contributed by atoms with E-state index in [1.165, 1.54) is 76.0 Å². The lowest BCUT2D eigenvalue weighted by atomic mass is 10.0. The number of aliphatic carboxylic acids is 2. The molecule has 1 atom stereocenters. The number of carboxylic acids is 2. The Morgan fingerprint density at radius 3 is 1.54 bits per heavy atom. The number of carbonyl (C=O) groups is 3. The molecule has 6 nitrogen and oxygen atoms in total. The highest BCUT2D eigenvalue weighted by Gasteiger charge is 2.25. The third-order valence-electron chi connectivity index (χ3n) is 5.21. The number of carbonyl (C=O) groups excluding carboxylic acids is 1. The smallest absolute Gasteiger partial charge is 0.326 e. The van der Waals surface area contributed by atoms with Crippen LogP contribution in [0.2, 0.25) is 0 Å². The van der Waals surface area contributed by atoms with Gasteiger partial charge in [0.15, 0.2) is 0 Å². The molecule has 1 amide bonds. The second-order valence-electron chi connectivity index (χ2n) is 7.74. The van der Waals surface area contributed by atoms with Crippen molar-refractivity contribution in [2.45, 2.75) is 116 Å². The van der Waals surface area contributed by atoms with Gasteiger partial charge in [0.25, 0.3) is 0 Å². The molecule has 0 radical (unpaired) electrons. The van der Waals surface area contributed by atoms with Gasteiger partial charge >= 0.3 is 11.9 Å². The van der Waals surface area contributed by atoms with Crippen LogP contribution in [0, 0.1) is 0 Å². The van der Waals surface area contributed by atoms with E-state index in [1.54, 1.807) is 0 Å². The molecule has 2 N–H and O–H groups in total. The van der Waals surface area contributed by atoms with Crippen LogP contribution < -0.4 is 0 Å². The van der Waals surface area contributed by atoms with Gasteiger partial charge in [-0.25, -0.2) is 4.79 Å². The minimum absolute atomic E-state index is 0.0555. The molecule has 0 unspecified atom stereocenters. The van der Waals surface area contributed by atoms with E-state index in [4.69, 9.17) is 10.2 Å². The second kappa shape index (κ2) is 17.5. The van der Waals surface area contributed by atoms with E-state index < -0.39 is 18.0 Å². The summed E-state index contributed by atoms with van der Waals surface area (Å²) >= 11 is 0. The van der Waals surface area contributed by atoms with Crippen molar-refractivity contribution in [2.24, 2.45) is 0 Å². The van der Waals surface area contributed by atoms with Gasteiger partial charge in [-0.1, -0.05) is 84.0 Å². The Balaban J connectivity index is 3.77. The van der Waals surface area contributed by atoms with E-state index in [0.717, 1.165) is 19.3 Å². The largest absolute Gasteiger partial charge is 0.481 e. The molecule has 0 aliphatic rings. The normalized spacial score (nSPS) is 11.9. The summed E-state index contributed by atoms with van der Waals surface area (Å²) in [7, 11) is 0. The molecule has 0 aliphatic heterocycles. The van der Waals surface area contributed by atoms with Crippen molar-refractivity contribution in [1.82, 2.24) is 4.90 Å². The number of carboxylic acid groups (broad SMARTS) is 2. The molecule has 0 saturated carbocycles. The third kappa shape index (κ3) is 14.5. The van der Waals surface area contributed by atoms with E-state index in [2.05, 4.69) is 6.92 Å². The maximum absolute atomic E-state index is 12.3. The van der Waals surface area contributed by atoms with Crippen molar-refractivity contribution in [3.63, 3.8) is 0 Å². The highest BCUT2D eigenvalue weighted by Crippen LogP contribution is 2.14. The van der Waals surface area contributed by atoms with E-state index in [0.29, 0.717) is 0 Å². The number of nitrogens with zero attached hydrogens (tertiary/aromatic N) is 1. The third-order valence-corrected chi connectivity index (χ3v) is 5.21. The number of unbranched alkanes of at least 4 members (excludes halogenated alkanes) is 12. The Hall–Kier alpha value is -1.59. The van der Waals surface area contributed by atoms with Gasteiger partial charge in [0.1, 0.15) is 6.04 Å². The highest BCUT2D eigenvalue weighted by molar-refractivity contribution is 5.83. The van der Waals surface area contributed by atoms with Crippen molar-refractivity contribution < 1.29 is 24.6 Å². The average molecular weight is 400 g/mol. The summed E-state index contributed by atoms with van der Waals surface area (Å²) < 4.78 is 0. The molecule has 0 spiro atoms. The number of rotatable bonds is 19. The lowest BCUT2D eigenvalue weighted by Gasteiger charge is -2.26. The van der Waals surface area contributed by atoms with E-state index in [1.807, 2.05) is 0 Å². The molecule has 164 valence electrons. The van der Waals surface area contributed by atoms with Gasteiger partial charge in [0.2, 0.25) is 5.91 Å². The van der Waals surface area contributed by atoms with Crippen LogP contribution in [0.15, 0.2) is 0 Å². The predicted octanol–water partition coefficient (Wildman–Crippen LogP) is 5.24. The lowest BCUT2D eigenvalue weighted by Crippen LogP contribution is -2.44. The number of hydrogen-bond donors (Lipinski definition) is 2. The summed E-state index contributed by atoms with van der Waals surface area (Å²) in [6.07, 6.45) is 15.9. The maximum Gasteiger partial charge on any atom is 0.326 e. The molecule has 0 aromatic heterocycles. The maximum atomic E-state index is 12.3. The standard InChI is InChI=1S/C22H41NO5/c1-3-4-5-6-7-8-9-10-11-12-13-14-15-16-20(24)23(18-17-21(25)26)19(2)22(27)28/h19H,3-18H2,1-2H3,(H,25,26)(H,27,28)/t19-/m0/s1. The van der Waals surface area contributed by atoms with Crippen LogP contribution in [0.4, 0.5) is 0 Å². The van der Waals surface area contributed by atoms with Crippen LogP contribution in [-0.2, 0) is 14.4 Å². The number of hydrogen-bond acceptors (Lipinski definition) is 3. The van der Waals surface area contributed by atoms with Gasteiger partial charge < -0.3 is 15.1 Å². The Kier molecular flexibility index (Phi) is 16.5. The average Bonchev–Trinajstić information content (AvgIpc) is 2.65. The predicted molar refractivity (Wildman–Crippen MR) is 111 cm³/mol. The van der Waals surface area contributed by atoms with Crippen molar-refractivity contribution in [2.75, 3.05) is 6.54 Å². The zero-order valence-electron chi connectivity index (χ0n) is 18.0. The van der Waals surface area contributed by atoms with Gasteiger partial charge in [-0.2, -0.15) is 0 Å². The molecule has 0 aromatic rings.